The van der Waals surface area contributed by atoms with Crippen molar-refractivity contribution in [3.63, 3.8) is 0 Å². The number of halogens is 2. The number of likely N-dealkylation sites (N-methyl/N-ethyl adjacent to an activating group) is 1. The zero-order valence-corrected chi connectivity index (χ0v) is 13.6. The third-order valence-corrected chi connectivity index (χ3v) is 3.24. The van der Waals surface area contributed by atoms with E-state index in [1.165, 1.54) is 0 Å². The molecule has 0 radical (unpaired) electrons. The fraction of sp³-hybridized carbons (Fsp3) is 0.429. The Kier molecular flexibility index (Phi) is 7.50. The molecule has 0 aliphatic heterocycles. The van der Waals surface area contributed by atoms with Gasteiger partial charge in [-0.05, 0) is 31.2 Å². The normalized spacial score (nSPS) is 10.5. The average Bonchev–Trinajstić information content (AvgIpc) is 2.39. The number of nitrogens with zero attached hydrogens (tertiary/aromatic N) is 1. The Labute approximate surface area is 134 Å². The summed E-state index contributed by atoms with van der Waals surface area (Å²) in [6.07, 6.45) is 0.816. The summed E-state index contributed by atoms with van der Waals surface area (Å²) >= 11 is 11.9. The van der Waals surface area contributed by atoms with Crippen LogP contribution in [0.5, 0.6) is 0 Å². The quantitative estimate of drug-likeness (QED) is 0.842. The molecule has 0 saturated heterocycles. The molecule has 116 valence electrons. The molecule has 0 fully saturated rings. The SMILES string of the molecule is CCCNC(=O)NC(=O)CN(C)Cc1ccc(Cl)cc1Cl. The number of rotatable bonds is 6. The van der Waals surface area contributed by atoms with Crippen LogP contribution in [0.15, 0.2) is 18.2 Å². The maximum atomic E-state index is 11.7. The first-order valence-corrected chi connectivity index (χ1v) is 7.38. The largest absolute Gasteiger partial charge is 0.338 e. The van der Waals surface area contributed by atoms with Crippen molar-refractivity contribution in [2.45, 2.75) is 19.9 Å². The molecule has 1 aromatic rings. The fourth-order valence-electron chi connectivity index (χ4n) is 1.69. The Balaban J connectivity index is 2.44. The van der Waals surface area contributed by atoms with E-state index in [0.717, 1.165) is 12.0 Å². The highest BCUT2D eigenvalue weighted by Crippen LogP contribution is 2.21. The summed E-state index contributed by atoms with van der Waals surface area (Å²) < 4.78 is 0. The number of urea groups is 1. The highest BCUT2D eigenvalue weighted by atomic mass is 35.5. The lowest BCUT2D eigenvalue weighted by atomic mass is 10.2. The molecule has 0 heterocycles. The monoisotopic (exact) mass is 331 g/mol. The molecule has 7 heteroatoms. The first kappa shape index (κ1) is 17.8. The first-order chi connectivity index (χ1) is 9.92. The van der Waals surface area contributed by atoms with Gasteiger partial charge in [-0.1, -0.05) is 36.2 Å². The molecule has 21 heavy (non-hydrogen) atoms. The van der Waals surface area contributed by atoms with E-state index in [4.69, 9.17) is 23.2 Å². The molecule has 0 bridgehead atoms. The van der Waals surface area contributed by atoms with E-state index in [1.54, 1.807) is 24.1 Å². The first-order valence-electron chi connectivity index (χ1n) is 6.62. The minimum absolute atomic E-state index is 0.0957. The maximum Gasteiger partial charge on any atom is 0.321 e. The predicted octanol–water partition coefficient (Wildman–Crippen LogP) is 2.66. The van der Waals surface area contributed by atoms with Crippen molar-refractivity contribution in [1.82, 2.24) is 15.5 Å². The third-order valence-electron chi connectivity index (χ3n) is 2.66. The van der Waals surface area contributed by atoms with Gasteiger partial charge in [0.15, 0.2) is 0 Å². The number of carbonyl (C=O) groups is 2. The van der Waals surface area contributed by atoms with Crippen molar-refractivity contribution in [1.29, 1.82) is 0 Å². The number of benzene rings is 1. The van der Waals surface area contributed by atoms with Crippen LogP contribution < -0.4 is 10.6 Å². The van der Waals surface area contributed by atoms with Gasteiger partial charge in [-0.15, -0.1) is 0 Å². The Bertz CT molecular complexity index is 509. The Morgan fingerprint density at radius 2 is 2.00 bits per heavy atom. The lowest BCUT2D eigenvalue weighted by Gasteiger charge is -2.17. The van der Waals surface area contributed by atoms with Crippen molar-refractivity contribution in [2.75, 3.05) is 20.1 Å². The van der Waals surface area contributed by atoms with Gasteiger partial charge < -0.3 is 5.32 Å². The van der Waals surface area contributed by atoms with Crippen LogP contribution in [0.3, 0.4) is 0 Å². The van der Waals surface area contributed by atoms with Crippen LogP contribution in [-0.4, -0.2) is 37.0 Å². The van der Waals surface area contributed by atoms with Crippen molar-refractivity contribution >= 4 is 35.1 Å². The van der Waals surface area contributed by atoms with E-state index in [-0.39, 0.29) is 12.5 Å². The number of nitrogens with one attached hydrogen (secondary N) is 2. The van der Waals surface area contributed by atoms with Crippen molar-refractivity contribution < 1.29 is 9.59 Å². The highest BCUT2D eigenvalue weighted by molar-refractivity contribution is 6.35. The van der Waals surface area contributed by atoms with E-state index in [1.807, 2.05) is 13.0 Å². The van der Waals surface area contributed by atoms with Crippen LogP contribution in [0.25, 0.3) is 0 Å². The predicted molar refractivity (Wildman–Crippen MR) is 84.6 cm³/mol. The zero-order chi connectivity index (χ0) is 15.8. The summed E-state index contributed by atoms with van der Waals surface area (Å²) in [7, 11) is 1.77. The lowest BCUT2D eigenvalue weighted by molar-refractivity contribution is -0.120. The Morgan fingerprint density at radius 3 is 2.62 bits per heavy atom. The van der Waals surface area contributed by atoms with Crippen LogP contribution in [0.4, 0.5) is 4.79 Å². The molecule has 0 saturated carbocycles. The second kappa shape index (κ2) is 8.87. The van der Waals surface area contributed by atoms with Gasteiger partial charge in [0, 0.05) is 23.1 Å². The second-order valence-corrected chi connectivity index (χ2v) is 5.56. The summed E-state index contributed by atoms with van der Waals surface area (Å²) in [5, 5.41) is 5.96. The summed E-state index contributed by atoms with van der Waals surface area (Å²) in [6, 6.07) is 4.74. The average molecular weight is 332 g/mol. The van der Waals surface area contributed by atoms with Gasteiger partial charge in [-0.25, -0.2) is 4.79 Å². The van der Waals surface area contributed by atoms with Gasteiger partial charge in [0.05, 0.1) is 6.54 Å². The maximum absolute atomic E-state index is 11.7. The molecule has 0 aliphatic carbocycles. The number of carbonyl (C=O) groups excluding carboxylic acids is 2. The molecule has 1 rings (SSSR count). The van der Waals surface area contributed by atoms with Crippen molar-refractivity contribution in [3.8, 4) is 0 Å². The lowest BCUT2D eigenvalue weighted by Crippen LogP contribution is -2.43. The minimum Gasteiger partial charge on any atom is -0.338 e. The Hall–Kier alpha value is -1.30. The van der Waals surface area contributed by atoms with E-state index < -0.39 is 6.03 Å². The summed E-state index contributed by atoms with van der Waals surface area (Å²) in [4.78, 5) is 24.8. The standard InChI is InChI=1S/C14H19Cl2N3O2/c1-3-6-17-14(21)18-13(20)9-19(2)8-10-4-5-11(15)7-12(10)16/h4-5,7H,3,6,8-9H2,1-2H3,(H2,17,18,20,21). The van der Waals surface area contributed by atoms with Gasteiger partial charge in [0.25, 0.3) is 0 Å². The molecule has 1 aromatic carbocycles. The van der Waals surface area contributed by atoms with E-state index in [0.29, 0.717) is 23.1 Å². The smallest absolute Gasteiger partial charge is 0.321 e. The molecular formula is C14H19Cl2N3O2. The van der Waals surface area contributed by atoms with Crippen LogP contribution in [0.1, 0.15) is 18.9 Å². The molecule has 5 nitrogen and oxygen atoms in total. The van der Waals surface area contributed by atoms with Gasteiger partial charge in [0.1, 0.15) is 0 Å². The van der Waals surface area contributed by atoms with E-state index >= 15 is 0 Å². The van der Waals surface area contributed by atoms with Crippen molar-refractivity contribution in [3.05, 3.63) is 33.8 Å². The highest BCUT2D eigenvalue weighted by Gasteiger charge is 2.11. The van der Waals surface area contributed by atoms with Gasteiger partial charge in [-0.3, -0.25) is 15.0 Å². The number of hydrogen-bond donors (Lipinski definition) is 2. The molecule has 0 aromatic heterocycles. The molecule has 2 N–H and O–H groups in total. The van der Waals surface area contributed by atoms with Gasteiger partial charge >= 0.3 is 6.03 Å². The van der Waals surface area contributed by atoms with E-state index in [2.05, 4.69) is 10.6 Å². The third kappa shape index (κ3) is 6.80. The zero-order valence-electron chi connectivity index (χ0n) is 12.1. The second-order valence-electron chi connectivity index (χ2n) is 4.71. The van der Waals surface area contributed by atoms with Crippen molar-refractivity contribution in [2.24, 2.45) is 0 Å². The van der Waals surface area contributed by atoms with Crippen LogP contribution in [0.2, 0.25) is 10.0 Å². The molecule has 0 unspecified atom stereocenters. The summed E-state index contributed by atoms with van der Waals surface area (Å²) in [5.41, 5.74) is 0.867. The molecular weight excluding hydrogens is 313 g/mol. The topological polar surface area (TPSA) is 61.4 Å². The molecule has 0 aliphatic rings. The number of hydrogen-bond acceptors (Lipinski definition) is 3. The summed E-state index contributed by atoms with van der Waals surface area (Å²) in [6.45, 7) is 3.06. The minimum atomic E-state index is -0.472. The van der Waals surface area contributed by atoms with E-state index in [9.17, 15) is 9.59 Å². The van der Waals surface area contributed by atoms with Gasteiger partial charge in [0.2, 0.25) is 5.91 Å². The number of imide groups is 1. The fourth-order valence-corrected chi connectivity index (χ4v) is 2.16. The number of amides is 3. The Morgan fingerprint density at radius 1 is 1.29 bits per heavy atom. The van der Waals surface area contributed by atoms with Crippen LogP contribution in [0, 0.1) is 0 Å². The van der Waals surface area contributed by atoms with Crippen LogP contribution in [-0.2, 0) is 11.3 Å². The van der Waals surface area contributed by atoms with Crippen LogP contribution >= 0.6 is 23.2 Å². The molecule has 3 amide bonds. The summed E-state index contributed by atoms with van der Waals surface area (Å²) in [5.74, 6) is -0.365. The molecule has 0 spiro atoms. The van der Waals surface area contributed by atoms with Gasteiger partial charge in [-0.2, -0.15) is 0 Å². The molecule has 0 atom stereocenters.